The summed E-state index contributed by atoms with van der Waals surface area (Å²) in [5.74, 6) is -0.0531. The highest BCUT2D eigenvalue weighted by Crippen LogP contribution is 2.27. The highest BCUT2D eigenvalue weighted by molar-refractivity contribution is 7.20. The highest BCUT2D eigenvalue weighted by atomic mass is 32.1. The maximum Gasteiger partial charge on any atom is 0.261 e. The van der Waals surface area contributed by atoms with Crippen LogP contribution in [0.15, 0.2) is 6.07 Å². The van der Waals surface area contributed by atoms with Crippen LogP contribution >= 0.6 is 11.3 Å². The van der Waals surface area contributed by atoms with E-state index in [0.717, 1.165) is 15.9 Å². The fourth-order valence-corrected chi connectivity index (χ4v) is 2.71. The minimum absolute atomic E-state index is 0.0531. The van der Waals surface area contributed by atoms with E-state index in [2.05, 4.69) is 10.4 Å². The van der Waals surface area contributed by atoms with E-state index in [1.807, 2.05) is 20.0 Å². The first kappa shape index (κ1) is 12.1. The van der Waals surface area contributed by atoms with Gasteiger partial charge in [-0.1, -0.05) is 0 Å². The summed E-state index contributed by atoms with van der Waals surface area (Å²) in [5.41, 5.74) is 0.953. The van der Waals surface area contributed by atoms with E-state index in [9.17, 15) is 4.79 Å². The van der Waals surface area contributed by atoms with Crippen molar-refractivity contribution in [2.24, 2.45) is 7.05 Å². The average molecular weight is 253 g/mol. The molecule has 2 heterocycles. The molecule has 2 aromatic heterocycles. The number of nitrogens with one attached hydrogen (secondary N) is 1. The number of methoxy groups -OCH3 is 1. The van der Waals surface area contributed by atoms with E-state index >= 15 is 0 Å². The van der Waals surface area contributed by atoms with Crippen molar-refractivity contribution in [1.82, 2.24) is 15.1 Å². The van der Waals surface area contributed by atoms with Gasteiger partial charge < -0.3 is 10.1 Å². The zero-order valence-corrected chi connectivity index (χ0v) is 10.9. The van der Waals surface area contributed by atoms with E-state index in [-0.39, 0.29) is 5.91 Å². The summed E-state index contributed by atoms with van der Waals surface area (Å²) >= 11 is 1.46. The summed E-state index contributed by atoms with van der Waals surface area (Å²) in [5, 5.41) is 8.16. The van der Waals surface area contributed by atoms with Crippen LogP contribution in [0.25, 0.3) is 10.2 Å². The molecule has 0 aliphatic carbocycles. The highest BCUT2D eigenvalue weighted by Gasteiger charge is 2.14. The van der Waals surface area contributed by atoms with Crippen LogP contribution in [0.4, 0.5) is 0 Å². The first-order valence-electron chi connectivity index (χ1n) is 5.33. The fourth-order valence-electron chi connectivity index (χ4n) is 1.67. The SMILES string of the molecule is COCCNC(=O)c1cc2c(C)nn(C)c2s1. The molecule has 0 bridgehead atoms. The Balaban J connectivity index is 2.19. The molecule has 0 saturated carbocycles. The lowest BCUT2D eigenvalue weighted by atomic mass is 10.3. The predicted octanol–water partition coefficient (Wildman–Crippen LogP) is 1.32. The van der Waals surface area contributed by atoms with Gasteiger partial charge in [0.15, 0.2) is 0 Å². The van der Waals surface area contributed by atoms with Crippen molar-refractivity contribution in [3.8, 4) is 0 Å². The van der Waals surface area contributed by atoms with Crippen molar-refractivity contribution in [2.75, 3.05) is 20.3 Å². The van der Waals surface area contributed by atoms with Gasteiger partial charge in [-0.3, -0.25) is 9.48 Å². The van der Waals surface area contributed by atoms with Gasteiger partial charge in [-0.25, -0.2) is 0 Å². The molecule has 17 heavy (non-hydrogen) atoms. The Bertz CT molecular complexity index is 510. The number of carbonyl (C=O) groups excluding carboxylic acids is 1. The van der Waals surface area contributed by atoms with E-state index in [1.54, 1.807) is 11.8 Å². The topological polar surface area (TPSA) is 56.1 Å². The fraction of sp³-hybridized carbons (Fsp3) is 0.455. The number of ether oxygens (including phenoxy) is 1. The number of hydrogen-bond acceptors (Lipinski definition) is 4. The molecule has 0 aromatic carbocycles. The number of fused-ring (bicyclic) bond motifs is 1. The number of nitrogens with zero attached hydrogens (tertiary/aromatic N) is 2. The van der Waals surface area contributed by atoms with E-state index in [4.69, 9.17) is 4.74 Å². The van der Waals surface area contributed by atoms with E-state index in [1.165, 1.54) is 11.3 Å². The second-order valence-electron chi connectivity index (χ2n) is 3.79. The molecule has 1 amide bonds. The number of aryl methyl sites for hydroxylation is 2. The van der Waals surface area contributed by atoms with Crippen molar-refractivity contribution in [1.29, 1.82) is 0 Å². The summed E-state index contributed by atoms with van der Waals surface area (Å²) in [6, 6.07) is 1.89. The molecule has 0 aliphatic rings. The molecule has 0 aliphatic heterocycles. The van der Waals surface area contributed by atoms with Crippen LogP contribution in [-0.2, 0) is 11.8 Å². The third kappa shape index (κ3) is 2.32. The van der Waals surface area contributed by atoms with Gasteiger partial charge in [0.25, 0.3) is 5.91 Å². The Hall–Kier alpha value is -1.40. The maximum atomic E-state index is 11.8. The Morgan fingerprint density at radius 2 is 2.41 bits per heavy atom. The Morgan fingerprint density at radius 1 is 1.65 bits per heavy atom. The molecule has 2 aromatic rings. The summed E-state index contributed by atoms with van der Waals surface area (Å²) in [7, 11) is 3.50. The van der Waals surface area contributed by atoms with Crippen molar-refractivity contribution in [3.63, 3.8) is 0 Å². The van der Waals surface area contributed by atoms with Crippen LogP contribution < -0.4 is 5.32 Å². The van der Waals surface area contributed by atoms with Gasteiger partial charge in [-0.05, 0) is 13.0 Å². The molecule has 92 valence electrons. The van der Waals surface area contributed by atoms with Crippen LogP contribution in [-0.4, -0.2) is 35.9 Å². The molecule has 0 unspecified atom stereocenters. The standard InChI is InChI=1S/C11H15N3O2S/c1-7-8-6-9(10(15)12-4-5-16-3)17-11(8)14(2)13-7/h6H,4-5H2,1-3H3,(H,12,15). The lowest BCUT2D eigenvalue weighted by Crippen LogP contribution is -2.26. The molecule has 2 rings (SSSR count). The van der Waals surface area contributed by atoms with E-state index in [0.29, 0.717) is 18.0 Å². The van der Waals surface area contributed by atoms with Crippen LogP contribution in [0.1, 0.15) is 15.4 Å². The molecule has 0 saturated heterocycles. The average Bonchev–Trinajstić information content (AvgIpc) is 2.82. The second kappa shape index (κ2) is 4.85. The minimum Gasteiger partial charge on any atom is -0.383 e. The number of rotatable bonds is 4. The molecule has 0 fully saturated rings. The van der Waals surface area contributed by atoms with Gasteiger partial charge in [0.05, 0.1) is 17.2 Å². The van der Waals surface area contributed by atoms with Crippen molar-refractivity contribution < 1.29 is 9.53 Å². The summed E-state index contributed by atoms with van der Waals surface area (Å²) < 4.78 is 6.69. The van der Waals surface area contributed by atoms with Gasteiger partial charge in [0.1, 0.15) is 4.83 Å². The van der Waals surface area contributed by atoms with Gasteiger partial charge in [0, 0.05) is 26.1 Å². The largest absolute Gasteiger partial charge is 0.383 e. The van der Waals surface area contributed by atoms with Gasteiger partial charge >= 0.3 is 0 Å². The first-order chi connectivity index (χ1) is 8.13. The van der Waals surface area contributed by atoms with Crippen molar-refractivity contribution >= 4 is 27.5 Å². The summed E-state index contributed by atoms with van der Waals surface area (Å²) in [4.78, 5) is 13.6. The Kier molecular flexibility index (Phi) is 3.44. The van der Waals surface area contributed by atoms with E-state index < -0.39 is 0 Å². The number of thiophene rings is 1. The second-order valence-corrected chi connectivity index (χ2v) is 4.82. The third-order valence-electron chi connectivity index (χ3n) is 2.51. The minimum atomic E-state index is -0.0531. The van der Waals surface area contributed by atoms with Crippen LogP contribution in [0.3, 0.4) is 0 Å². The van der Waals surface area contributed by atoms with Crippen molar-refractivity contribution in [2.45, 2.75) is 6.92 Å². The molecule has 5 nitrogen and oxygen atoms in total. The molecular weight excluding hydrogens is 238 g/mol. The monoisotopic (exact) mass is 253 g/mol. The molecule has 1 N–H and O–H groups in total. The quantitative estimate of drug-likeness (QED) is 0.836. The molecule has 0 spiro atoms. The lowest BCUT2D eigenvalue weighted by molar-refractivity contribution is 0.0941. The number of hydrogen-bond donors (Lipinski definition) is 1. The molecule has 0 atom stereocenters. The molecule has 0 radical (unpaired) electrons. The Labute approximate surface area is 103 Å². The summed E-state index contributed by atoms with van der Waals surface area (Å²) in [6.07, 6.45) is 0. The third-order valence-corrected chi connectivity index (χ3v) is 3.71. The van der Waals surface area contributed by atoms with Gasteiger partial charge in [-0.2, -0.15) is 5.10 Å². The molecule has 6 heteroatoms. The zero-order valence-electron chi connectivity index (χ0n) is 10.1. The smallest absolute Gasteiger partial charge is 0.261 e. The van der Waals surface area contributed by atoms with Crippen LogP contribution in [0, 0.1) is 6.92 Å². The lowest BCUT2D eigenvalue weighted by Gasteiger charge is -2.01. The zero-order chi connectivity index (χ0) is 12.4. The predicted molar refractivity (Wildman–Crippen MR) is 67.5 cm³/mol. The maximum absolute atomic E-state index is 11.8. The van der Waals surface area contributed by atoms with Crippen LogP contribution in [0.5, 0.6) is 0 Å². The normalized spacial score (nSPS) is 11.0. The van der Waals surface area contributed by atoms with Crippen LogP contribution in [0.2, 0.25) is 0 Å². The molecular formula is C11H15N3O2S. The Morgan fingerprint density at radius 3 is 3.06 bits per heavy atom. The number of amides is 1. The van der Waals surface area contributed by atoms with Gasteiger partial charge in [-0.15, -0.1) is 11.3 Å². The number of aromatic nitrogens is 2. The van der Waals surface area contributed by atoms with Gasteiger partial charge in [0.2, 0.25) is 0 Å². The summed E-state index contributed by atoms with van der Waals surface area (Å²) in [6.45, 7) is 3.00. The number of carbonyl (C=O) groups is 1. The van der Waals surface area contributed by atoms with Crippen molar-refractivity contribution in [3.05, 3.63) is 16.6 Å². The first-order valence-corrected chi connectivity index (χ1v) is 6.15.